The molecule has 6 heteroatoms. The molecule has 1 fully saturated rings. The maximum atomic E-state index is 12.7. The van der Waals surface area contributed by atoms with Gasteiger partial charge in [0.05, 0.1) is 0 Å². The van der Waals surface area contributed by atoms with Crippen molar-refractivity contribution < 1.29 is 14.7 Å². The summed E-state index contributed by atoms with van der Waals surface area (Å²) in [4.78, 5) is 25.8. The van der Waals surface area contributed by atoms with Gasteiger partial charge in [-0.15, -0.1) is 0 Å². The standard InChI is InChI=1S/C15H17BrClNO3/c1-15(2)4-3-5-18(12(15)14(20)21)13(19)9-6-10(16)8-11(17)7-9/h6-8,12H,3-5H2,1-2H3,(H,20,21). The number of benzene rings is 1. The maximum Gasteiger partial charge on any atom is 0.326 e. The fraction of sp³-hybridized carbons (Fsp3) is 0.467. The van der Waals surface area contributed by atoms with Crippen molar-refractivity contribution in [1.82, 2.24) is 4.90 Å². The highest BCUT2D eigenvalue weighted by Crippen LogP contribution is 2.36. The van der Waals surface area contributed by atoms with Crippen molar-refractivity contribution in [1.29, 1.82) is 0 Å². The van der Waals surface area contributed by atoms with Crippen LogP contribution in [-0.4, -0.2) is 34.5 Å². The van der Waals surface area contributed by atoms with Crippen molar-refractivity contribution in [2.75, 3.05) is 6.54 Å². The monoisotopic (exact) mass is 373 g/mol. The summed E-state index contributed by atoms with van der Waals surface area (Å²) in [6.45, 7) is 4.22. The van der Waals surface area contributed by atoms with Crippen molar-refractivity contribution in [3.8, 4) is 0 Å². The average molecular weight is 375 g/mol. The second-order valence-electron chi connectivity index (χ2n) is 5.99. The number of hydrogen-bond acceptors (Lipinski definition) is 2. The van der Waals surface area contributed by atoms with Gasteiger partial charge in [-0.25, -0.2) is 4.79 Å². The van der Waals surface area contributed by atoms with E-state index in [0.29, 0.717) is 21.6 Å². The van der Waals surface area contributed by atoms with E-state index in [4.69, 9.17) is 11.6 Å². The van der Waals surface area contributed by atoms with E-state index in [1.54, 1.807) is 18.2 Å². The summed E-state index contributed by atoms with van der Waals surface area (Å²) in [5, 5.41) is 9.96. The molecule has 0 aliphatic carbocycles. The minimum Gasteiger partial charge on any atom is -0.480 e. The summed E-state index contributed by atoms with van der Waals surface area (Å²) in [7, 11) is 0. The summed E-state index contributed by atoms with van der Waals surface area (Å²) in [6.07, 6.45) is 1.58. The molecule has 1 aromatic rings. The first kappa shape index (κ1) is 16.3. The van der Waals surface area contributed by atoms with E-state index in [9.17, 15) is 14.7 Å². The molecule has 1 heterocycles. The number of halogens is 2. The second kappa shape index (κ2) is 5.97. The van der Waals surface area contributed by atoms with Gasteiger partial charge >= 0.3 is 5.97 Å². The summed E-state index contributed by atoms with van der Waals surface area (Å²) >= 11 is 9.27. The quantitative estimate of drug-likeness (QED) is 0.856. The Bertz CT molecular complexity index is 568. The number of carbonyl (C=O) groups excluding carboxylic acids is 1. The Kier molecular flexibility index (Phi) is 4.63. The molecule has 1 N–H and O–H groups in total. The zero-order valence-electron chi connectivity index (χ0n) is 11.9. The first-order valence-corrected chi connectivity index (χ1v) is 7.89. The molecule has 0 aromatic heterocycles. The third-order valence-corrected chi connectivity index (χ3v) is 4.55. The van der Waals surface area contributed by atoms with Gasteiger partial charge in [-0.2, -0.15) is 0 Å². The van der Waals surface area contributed by atoms with E-state index in [1.807, 2.05) is 13.8 Å². The fourth-order valence-corrected chi connectivity index (χ4v) is 3.78. The summed E-state index contributed by atoms with van der Waals surface area (Å²) < 4.78 is 0.696. The van der Waals surface area contributed by atoms with E-state index in [1.165, 1.54) is 4.90 Å². The van der Waals surface area contributed by atoms with E-state index >= 15 is 0 Å². The molecular formula is C15H17BrClNO3. The molecule has 21 heavy (non-hydrogen) atoms. The molecule has 1 amide bonds. The highest BCUT2D eigenvalue weighted by atomic mass is 79.9. The third-order valence-electron chi connectivity index (χ3n) is 3.88. The van der Waals surface area contributed by atoms with Crippen molar-refractivity contribution in [2.45, 2.75) is 32.7 Å². The van der Waals surface area contributed by atoms with Crippen LogP contribution in [0, 0.1) is 5.41 Å². The van der Waals surface area contributed by atoms with Gasteiger partial charge in [0.15, 0.2) is 0 Å². The van der Waals surface area contributed by atoms with Gasteiger partial charge < -0.3 is 10.0 Å². The largest absolute Gasteiger partial charge is 0.480 e. The lowest BCUT2D eigenvalue weighted by atomic mass is 9.76. The fourth-order valence-electron chi connectivity index (χ4n) is 2.92. The van der Waals surface area contributed by atoms with E-state index in [0.717, 1.165) is 12.8 Å². The van der Waals surface area contributed by atoms with Gasteiger partial charge in [-0.05, 0) is 36.5 Å². The zero-order chi connectivity index (χ0) is 15.8. The first-order chi connectivity index (χ1) is 9.72. The normalized spacial score (nSPS) is 21.1. The Labute approximate surface area is 137 Å². The molecule has 1 aliphatic heterocycles. The van der Waals surface area contributed by atoms with Crippen LogP contribution >= 0.6 is 27.5 Å². The minimum absolute atomic E-state index is 0.293. The lowest BCUT2D eigenvalue weighted by molar-refractivity contribution is -0.148. The van der Waals surface area contributed by atoms with Gasteiger partial charge in [0, 0.05) is 21.6 Å². The van der Waals surface area contributed by atoms with Crippen molar-refractivity contribution >= 4 is 39.4 Å². The smallest absolute Gasteiger partial charge is 0.326 e. The van der Waals surface area contributed by atoms with E-state index in [-0.39, 0.29) is 5.91 Å². The van der Waals surface area contributed by atoms with Gasteiger partial charge in [0.1, 0.15) is 6.04 Å². The molecule has 0 saturated carbocycles. The number of aliphatic carboxylic acids is 1. The number of rotatable bonds is 2. The molecule has 0 bridgehead atoms. The molecule has 4 nitrogen and oxygen atoms in total. The molecule has 0 radical (unpaired) electrons. The van der Waals surface area contributed by atoms with Crippen LogP contribution in [0.5, 0.6) is 0 Å². The molecule has 2 rings (SSSR count). The Morgan fingerprint density at radius 3 is 2.62 bits per heavy atom. The van der Waals surface area contributed by atoms with E-state index < -0.39 is 17.4 Å². The number of amides is 1. The number of hydrogen-bond donors (Lipinski definition) is 1. The molecule has 1 atom stereocenters. The van der Waals surface area contributed by atoms with Crippen molar-refractivity contribution in [2.24, 2.45) is 5.41 Å². The van der Waals surface area contributed by atoms with Crippen molar-refractivity contribution in [3.05, 3.63) is 33.3 Å². The van der Waals surface area contributed by atoms with Gasteiger partial charge in [0.2, 0.25) is 0 Å². The zero-order valence-corrected chi connectivity index (χ0v) is 14.2. The second-order valence-corrected chi connectivity index (χ2v) is 7.34. The van der Waals surface area contributed by atoms with Crippen LogP contribution in [0.1, 0.15) is 37.0 Å². The summed E-state index contributed by atoms with van der Waals surface area (Å²) in [6, 6.07) is 4.09. The highest BCUT2D eigenvalue weighted by Gasteiger charge is 2.44. The Morgan fingerprint density at radius 1 is 1.38 bits per heavy atom. The number of carboxylic acids is 1. The Balaban J connectivity index is 2.38. The third kappa shape index (κ3) is 3.40. The number of carboxylic acid groups (broad SMARTS) is 1. The van der Waals surface area contributed by atoms with Crippen LogP contribution in [0.2, 0.25) is 5.02 Å². The lowest BCUT2D eigenvalue weighted by Crippen LogP contribution is -2.56. The predicted octanol–water partition coefficient (Wildman–Crippen LogP) is 3.82. The predicted molar refractivity (Wildman–Crippen MR) is 84.6 cm³/mol. The average Bonchev–Trinajstić information content (AvgIpc) is 2.34. The molecular weight excluding hydrogens is 358 g/mol. The molecule has 1 unspecified atom stereocenters. The molecule has 0 spiro atoms. The van der Waals surface area contributed by atoms with Crippen LogP contribution in [0.4, 0.5) is 0 Å². The Hall–Kier alpha value is -1.07. The van der Waals surface area contributed by atoms with Gasteiger partial charge in [-0.3, -0.25) is 4.79 Å². The number of likely N-dealkylation sites (tertiary alicyclic amines) is 1. The molecule has 1 aliphatic rings. The van der Waals surface area contributed by atoms with Crippen LogP contribution in [0.15, 0.2) is 22.7 Å². The van der Waals surface area contributed by atoms with Gasteiger partial charge in [0.25, 0.3) is 5.91 Å². The summed E-state index contributed by atoms with van der Waals surface area (Å²) in [5.74, 6) is -1.26. The minimum atomic E-state index is -0.964. The highest BCUT2D eigenvalue weighted by molar-refractivity contribution is 9.10. The molecule has 1 saturated heterocycles. The molecule has 114 valence electrons. The number of nitrogens with zero attached hydrogens (tertiary/aromatic N) is 1. The SMILES string of the molecule is CC1(C)CCCN(C(=O)c2cc(Cl)cc(Br)c2)C1C(=O)O. The lowest BCUT2D eigenvalue weighted by Gasteiger charge is -2.44. The van der Waals surface area contributed by atoms with Crippen LogP contribution in [-0.2, 0) is 4.79 Å². The van der Waals surface area contributed by atoms with E-state index in [2.05, 4.69) is 15.9 Å². The van der Waals surface area contributed by atoms with Crippen LogP contribution < -0.4 is 0 Å². The maximum absolute atomic E-state index is 12.7. The van der Waals surface area contributed by atoms with Crippen LogP contribution in [0.25, 0.3) is 0 Å². The van der Waals surface area contributed by atoms with Crippen LogP contribution in [0.3, 0.4) is 0 Å². The van der Waals surface area contributed by atoms with Gasteiger partial charge in [-0.1, -0.05) is 41.4 Å². The first-order valence-electron chi connectivity index (χ1n) is 6.72. The van der Waals surface area contributed by atoms with Crippen molar-refractivity contribution in [3.63, 3.8) is 0 Å². The Morgan fingerprint density at radius 2 is 2.05 bits per heavy atom. The summed E-state index contributed by atoms with van der Waals surface area (Å²) in [5.41, 5.74) is -0.0476. The number of piperidine rings is 1. The topological polar surface area (TPSA) is 57.6 Å². The molecule has 1 aromatic carbocycles. The number of carbonyl (C=O) groups is 2.